The Morgan fingerprint density at radius 1 is 1.32 bits per heavy atom. The molecule has 0 saturated carbocycles. The van der Waals surface area contributed by atoms with Crippen molar-refractivity contribution in [1.82, 2.24) is 14.8 Å². The highest BCUT2D eigenvalue weighted by Crippen LogP contribution is 2.40. The van der Waals surface area contributed by atoms with Crippen molar-refractivity contribution in [2.45, 2.75) is 70.1 Å². The summed E-state index contributed by atoms with van der Waals surface area (Å²) in [5.74, 6) is 0.349. The van der Waals surface area contributed by atoms with Crippen molar-refractivity contribution in [1.29, 1.82) is 0 Å². The zero-order valence-corrected chi connectivity index (χ0v) is 16.0. The second-order valence-electron chi connectivity index (χ2n) is 7.84. The van der Waals surface area contributed by atoms with Crippen LogP contribution in [0, 0.1) is 6.92 Å². The maximum Gasteiger partial charge on any atom is 0.223 e. The minimum Gasteiger partial charge on any atom is -0.376 e. The number of thiazole rings is 1. The normalized spacial score (nSPS) is 31.2. The van der Waals surface area contributed by atoms with Crippen LogP contribution in [0.5, 0.6) is 0 Å². The van der Waals surface area contributed by atoms with Gasteiger partial charge in [-0.2, -0.15) is 0 Å². The summed E-state index contributed by atoms with van der Waals surface area (Å²) in [4.78, 5) is 23.1. The van der Waals surface area contributed by atoms with Gasteiger partial charge in [-0.1, -0.05) is 0 Å². The van der Waals surface area contributed by atoms with Crippen molar-refractivity contribution in [2.75, 3.05) is 26.2 Å². The van der Waals surface area contributed by atoms with Crippen molar-refractivity contribution in [3.63, 3.8) is 0 Å². The van der Waals surface area contributed by atoms with Crippen LogP contribution in [0.3, 0.4) is 0 Å². The predicted molar refractivity (Wildman–Crippen MR) is 98.6 cm³/mol. The zero-order valence-electron chi connectivity index (χ0n) is 15.2. The number of aromatic nitrogens is 1. The van der Waals surface area contributed by atoms with E-state index in [1.54, 1.807) is 11.3 Å². The van der Waals surface area contributed by atoms with Crippen molar-refractivity contribution < 1.29 is 9.53 Å². The van der Waals surface area contributed by atoms with Crippen LogP contribution < -0.4 is 0 Å². The van der Waals surface area contributed by atoms with E-state index in [2.05, 4.69) is 21.7 Å². The third kappa shape index (κ3) is 3.76. The van der Waals surface area contributed by atoms with E-state index in [9.17, 15) is 4.79 Å². The molecular formula is C19H29N3O2S. The topological polar surface area (TPSA) is 45.7 Å². The number of ether oxygens (including phenoxy) is 1. The molecule has 3 fully saturated rings. The number of rotatable bonds is 4. The number of nitrogens with zero attached hydrogens (tertiary/aromatic N) is 3. The van der Waals surface area contributed by atoms with Crippen LogP contribution in [0.2, 0.25) is 0 Å². The maximum atomic E-state index is 12.6. The second-order valence-corrected chi connectivity index (χ2v) is 9.16. The van der Waals surface area contributed by atoms with Gasteiger partial charge in [0.25, 0.3) is 0 Å². The van der Waals surface area contributed by atoms with Crippen LogP contribution >= 0.6 is 11.3 Å². The fraction of sp³-hybridized carbons (Fsp3) is 0.789. The number of likely N-dealkylation sites (tertiary alicyclic amines) is 2. The molecule has 1 spiro atoms. The van der Waals surface area contributed by atoms with Crippen LogP contribution in [0.15, 0.2) is 6.20 Å². The quantitative estimate of drug-likeness (QED) is 0.825. The zero-order chi connectivity index (χ0) is 17.3. The molecular weight excluding hydrogens is 334 g/mol. The first-order valence-corrected chi connectivity index (χ1v) is 10.5. The molecule has 3 aliphatic rings. The first kappa shape index (κ1) is 17.4. The minimum absolute atomic E-state index is 0.0847. The molecule has 138 valence electrons. The molecule has 0 N–H and O–H groups in total. The van der Waals surface area contributed by atoms with Gasteiger partial charge in [0.05, 0.1) is 11.1 Å². The summed E-state index contributed by atoms with van der Waals surface area (Å²) in [7, 11) is 0. The highest BCUT2D eigenvalue weighted by Gasteiger charge is 2.46. The van der Waals surface area contributed by atoms with Crippen LogP contribution in [0.1, 0.15) is 54.8 Å². The summed E-state index contributed by atoms with van der Waals surface area (Å²) in [6, 6.07) is 0. The predicted octanol–water partition coefficient (Wildman–Crippen LogP) is 2.98. The fourth-order valence-corrected chi connectivity index (χ4v) is 5.61. The van der Waals surface area contributed by atoms with Gasteiger partial charge >= 0.3 is 0 Å². The van der Waals surface area contributed by atoms with Gasteiger partial charge in [0.2, 0.25) is 5.91 Å². The summed E-state index contributed by atoms with van der Waals surface area (Å²) in [6.45, 7) is 6.95. The van der Waals surface area contributed by atoms with Crippen molar-refractivity contribution in [3.8, 4) is 0 Å². The van der Waals surface area contributed by atoms with Gasteiger partial charge in [0.15, 0.2) is 0 Å². The average molecular weight is 364 g/mol. The Bertz CT molecular complexity index is 614. The molecule has 5 nitrogen and oxygen atoms in total. The summed E-state index contributed by atoms with van der Waals surface area (Å²) in [6.07, 6.45) is 9.70. The molecule has 1 aromatic heterocycles. The summed E-state index contributed by atoms with van der Waals surface area (Å²) in [5, 5.41) is 1.14. The molecule has 1 aromatic rings. The Balaban J connectivity index is 1.41. The number of aryl methyl sites for hydroxylation is 1. The standard InChI is InChI=1S/C19H29N3O2S/c1-15-20-12-17(25-15)14-21-9-3-6-19(8-10-21)7-5-18(23)22(19)13-16-4-2-11-24-16/h12,16H,2-11,13-14H2,1H3/t16-,19-/m1/s1. The second kappa shape index (κ2) is 7.33. The Morgan fingerprint density at radius 3 is 3.00 bits per heavy atom. The molecule has 1 amide bonds. The Morgan fingerprint density at radius 2 is 2.24 bits per heavy atom. The first-order chi connectivity index (χ1) is 12.1. The Labute approximate surface area is 154 Å². The van der Waals surface area contributed by atoms with E-state index in [1.807, 2.05) is 6.20 Å². The lowest BCUT2D eigenvalue weighted by atomic mass is 9.87. The number of hydrogen-bond acceptors (Lipinski definition) is 5. The Hall–Kier alpha value is -0.980. The van der Waals surface area contributed by atoms with E-state index < -0.39 is 0 Å². The summed E-state index contributed by atoms with van der Waals surface area (Å²) in [5.41, 5.74) is 0.0847. The van der Waals surface area contributed by atoms with Gasteiger partial charge in [0, 0.05) is 49.3 Å². The smallest absolute Gasteiger partial charge is 0.223 e. The molecule has 0 radical (unpaired) electrons. The molecule has 0 aromatic carbocycles. The van der Waals surface area contributed by atoms with Gasteiger partial charge in [0.1, 0.15) is 0 Å². The highest BCUT2D eigenvalue weighted by molar-refractivity contribution is 7.11. The molecule has 4 rings (SSSR count). The number of carbonyl (C=O) groups excluding carboxylic acids is 1. The largest absolute Gasteiger partial charge is 0.376 e. The SMILES string of the molecule is Cc1ncc(CN2CCC[C@@]3(CCC(=O)N3C[C@H]3CCCO3)CC2)s1. The van der Waals surface area contributed by atoms with Crippen LogP contribution in [-0.2, 0) is 16.1 Å². The Kier molecular flexibility index (Phi) is 5.11. The molecule has 2 atom stereocenters. The first-order valence-electron chi connectivity index (χ1n) is 9.70. The molecule has 3 saturated heterocycles. The van der Waals surface area contributed by atoms with E-state index >= 15 is 0 Å². The summed E-state index contributed by atoms with van der Waals surface area (Å²) < 4.78 is 5.82. The van der Waals surface area contributed by atoms with E-state index in [0.29, 0.717) is 5.91 Å². The molecule has 6 heteroatoms. The molecule has 4 heterocycles. The third-order valence-corrected chi connectivity index (χ3v) is 7.04. The molecule has 25 heavy (non-hydrogen) atoms. The van der Waals surface area contributed by atoms with Gasteiger partial charge in [-0.25, -0.2) is 4.98 Å². The van der Waals surface area contributed by atoms with Gasteiger partial charge < -0.3 is 9.64 Å². The lowest BCUT2D eigenvalue weighted by Crippen LogP contribution is -2.49. The highest BCUT2D eigenvalue weighted by atomic mass is 32.1. The maximum absolute atomic E-state index is 12.6. The summed E-state index contributed by atoms with van der Waals surface area (Å²) >= 11 is 1.80. The number of amides is 1. The van der Waals surface area contributed by atoms with Gasteiger partial charge in [-0.05, 0) is 52.0 Å². The molecule has 0 unspecified atom stereocenters. The number of hydrogen-bond donors (Lipinski definition) is 0. The van der Waals surface area contributed by atoms with Crippen molar-refractivity contribution in [2.24, 2.45) is 0 Å². The third-order valence-electron chi connectivity index (χ3n) is 6.15. The van der Waals surface area contributed by atoms with Crippen LogP contribution in [-0.4, -0.2) is 58.6 Å². The van der Waals surface area contributed by atoms with E-state index in [0.717, 1.165) is 76.3 Å². The van der Waals surface area contributed by atoms with Gasteiger partial charge in [-0.3, -0.25) is 9.69 Å². The van der Waals surface area contributed by atoms with Crippen molar-refractivity contribution in [3.05, 3.63) is 16.1 Å². The minimum atomic E-state index is 0.0847. The average Bonchev–Trinajstić information content (AvgIpc) is 3.27. The fourth-order valence-electron chi connectivity index (χ4n) is 4.77. The van der Waals surface area contributed by atoms with E-state index in [-0.39, 0.29) is 11.6 Å². The molecule has 3 aliphatic heterocycles. The van der Waals surface area contributed by atoms with E-state index in [1.165, 1.54) is 11.3 Å². The number of carbonyl (C=O) groups is 1. The molecule has 0 bridgehead atoms. The lowest BCUT2D eigenvalue weighted by molar-refractivity contribution is -0.133. The lowest BCUT2D eigenvalue weighted by Gasteiger charge is -2.39. The van der Waals surface area contributed by atoms with Crippen molar-refractivity contribution >= 4 is 17.2 Å². The molecule has 0 aliphatic carbocycles. The van der Waals surface area contributed by atoms with E-state index in [4.69, 9.17) is 4.74 Å². The van der Waals surface area contributed by atoms with Crippen LogP contribution in [0.4, 0.5) is 0 Å². The van der Waals surface area contributed by atoms with Gasteiger partial charge in [-0.15, -0.1) is 11.3 Å². The monoisotopic (exact) mass is 363 g/mol. The van der Waals surface area contributed by atoms with Crippen LogP contribution in [0.25, 0.3) is 0 Å².